The van der Waals surface area contributed by atoms with Crippen LogP contribution in [0.4, 0.5) is 0 Å². The highest BCUT2D eigenvalue weighted by atomic mass is 32.1. The van der Waals surface area contributed by atoms with Gasteiger partial charge in [0, 0.05) is 0 Å². The highest BCUT2D eigenvalue weighted by Gasteiger charge is 2.14. The Morgan fingerprint density at radius 3 is 3.00 bits per heavy atom. The minimum absolute atomic E-state index is 0.543. The smallest absolute Gasteiger partial charge is 0.247 e. The molecular weight excluding hydrogens is 272 g/mol. The summed E-state index contributed by atoms with van der Waals surface area (Å²) in [5, 5.41) is 5.52. The van der Waals surface area contributed by atoms with E-state index >= 15 is 0 Å². The molecule has 0 spiro atoms. The molecule has 5 nitrogen and oxygen atoms in total. The first-order chi connectivity index (χ1) is 9.72. The zero-order valence-electron chi connectivity index (χ0n) is 11.1. The van der Waals surface area contributed by atoms with Crippen molar-refractivity contribution in [3.63, 3.8) is 0 Å². The van der Waals surface area contributed by atoms with Crippen LogP contribution in [0, 0.1) is 6.92 Å². The van der Waals surface area contributed by atoms with Gasteiger partial charge in [0.25, 0.3) is 0 Å². The minimum atomic E-state index is 0.543. The highest BCUT2D eigenvalue weighted by Crippen LogP contribution is 2.26. The molecule has 0 saturated heterocycles. The summed E-state index contributed by atoms with van der Waals surface area (Å²) < 4.78 is 7.57. The van der Waals surface area contributed by atoms with Gasteiger partial charge in [0.05, 0.1) is 6.20 Å². The molecule has 0 N–H and O–H groups in total. The summed E-state index contributed by atoms with van der Waals surface area (Å²) in [7, 11) is 0. The van der Waals surface area contributed by atoms with Crippen molar-refractivity contribution >= 4 is 27.4 Å². The van der Waals surface area contributed by atoms with Gasteiger partial charge in [-0.05, 0) is 31.0 Å². The van der Waals surface area contributed by atoms with Crippen LogP contribution in [-0.4, -0.2) is 19.6 Å². The molecule has 0 aliphatic rings. The maximum absolute atomic E-state index is 5.78. The molecule has 0 fully saturated rings. The van der Waals surface area contributed by atoms with Crippen molar-refractivity contribution in [2.24, 2.45) is 0 Å². The lowest BCUT2D eigenvalue weighted by Crippen LogP contribution is -1.83. The highest BCUT2D eigenvalue weighted by molar-refractivity contribution is 7.16. The minimum Gasteiger partial charge on any atom is -0.435 e. The third-order valence-electron chi connectivity index (χ3n) is 3.15. The van der Waals surface area contributed by atoms with Crippen LogP contribution in [0.25, 0.3) is 27.6 Å². The van der Waals surface area contributed by atoms with E-state index in [1.165, 1.54) is 0 Å². The number of hydrogen-bond acceptors (Lipinski definition) is 5. The fourth-order valence-electron chi connectivity index (χ4n) is 2.13. The van der Waals surface area contributed by atoms with Gasteiger partial charge in [-0.1, -0.05) is 24.3 Å². The fourth-order valence-corrected chi connectivity index (χ4v) is 2.94. The number of imidazole rings is 1. The second-order valence-corrected chi connectivity index (χ2v) is 5.73. The normalized spacial score (nSPS) is 11.7. The van der Waals surface area contributed by atoms with Gasteiger partial charge < -0.3 is 4.42 Å². The summed E-state index contributed by atoms with van der Waals surface area (Å²) in [4.78, 5) is 9.88. The van der Waals surface area contributed by atoms with E-state index in [1.807, 2.05) is 31.3 Å². The lowest BCUT2D eigenvalue weighted by molar-refractivity contribution is 0.617. The first kappa shape index (κ1) is 11.6. The second kappa shape index (κ2) is 4.14. The monoisotopic (exact) mass is 284 g/mol. The largest absolute Gasteiger partial charge is 0.435 e. The fraction of sp³-hybridized carbons (Fsp3) is 0.214. The van der Waals surface area contributed by atoms with E-state index in [-0.39, 0.29) is 0 Å². The second-order valence-electron chi connectivity index (χ2n) is 4.69. The molecule has 100 valence electrons. The molecule has 0 atom stereocenters. The van der Waals surface area contributed by atoms with Crippen LogP contribution in [0.2, 0.25) is 0 Å². The Hall–Kier alpha value is -2.21. The van der Waals surface area contributed by atoms with Gasteiger partial charge in [0.15, 0.2) is 5.58 Å². The molecule has 0 unspecified atom stereocenters. The number of fused-ring (bicyclic) bond motifs is 2. The van der Waals surface area contributed by atoms with E-state index in [0.717, 1.165) is 38.7 Å². The molecule has 4 aromatic rings. The number of hydrogen-bond donors (Lipinski definition) is 0. The van der Waals surface area contributed by atoms with Crippen molar-refractivity contribution in [1.82, 2.24) is 19.6 Å². The summed E-state index contributed by atoms with van der Waals surface area (Å²) in [6, 6.07) is 5.97. The van der Waals surface area contributed by atoms with E-state index < -0.39 is 0 Å². The molecule has 0 aliphatic carbocycles. The van der Waals surface area contributed by atoms with E-state index in [2.05, 4.69) is 22.0 Å². The Bertz CT molecular complexity index is 886. The Morgan fingerprint density at radius 2 is 2.20 bits per heavy atom. The third-order valence-corrected chi connectivity index (χ3v) is 4.22. The summed E-state index contributed by atoms with van der Waals surface area (Å²) in [6.45, 7) is 4.12. The summed E-state index contributed by atoms with van der Waals surface area (Å²) in [6.07, 6.45) is 2.79. The lowest BCUT2D eigenvalue weighted by atomic mass is 10.2. The average molecular weight is 284 g/mol. The first-order valence-electron chi connectivity index (χ1n) is 6.45. The lowest BCUT2D eigenvalue weighted by Gasteiger charge is -1.88. The number of aromatic nitrogens is 4. The van der Waals surface area contributed by atoms with Crippen LogP contribution < -0.4 is 0 Å². The SMILES string of the molecule is CCc1nn2cc(-c3nc4ccc(C)cc4o3)nc2s1. The van der Waals surface area contributed by atoms with Gasteiger partial charge in [-0.15, -0.1) is 0 Å². The molecule has 3 heterocycles. The summed E-state index contributed by atoms with van der Waals surface area (Å²) >= 11 is 1.59. The van der Waals surface area contributed by atoms with Crippen LogP contribution in [0.15, 0.2) is 28.8 Å². The Morgan fingerprint density at radius 1 is 1.30 bits per heavy atom. The van der Waals surface area contributed by atoms with Gasteiger partial charge in [0.1, 0.15) is 16.2 Å². The molecule has 3 aromatic heterocycles. The maximum atomic E-state index is 5.78. The summed E-state index contributed by atoms with van der Waals surface area (Å²) in [5.41, 5.74) is 3.52. The predicted molar refractivity (Wildman–Crippen MR) is 78.0 cm³/mol. The van der Waals surface area contributed by atoms with E-state index in [4.69, 9.17) is 4.42 Å². The summed E-state index contributed by atoms with van der Waals surface area (Å²) in [5.74, 6) is 0.543. The molecule has 20 heavy (non-hydrogen) atoms. The number of benzene rings is 1. The standard InChI is InChI=1S/C14H12N4OS/c1-3-12-17-18-7-10(16-14(18)20-12)13-15-9-5-4-8(2)6-11(9)19-13/h4-7H,3H2,1-2H3. The van der Waals surface area contributed by atoms with Crippen LogP contribution in [0.1, 0.15) is 17.5 Å². The van der Waals surface area contributed by atoms with Crippen molar-refractivity contribution in [3.05, 3.63) is 35.0 Å². The molecule has 6 heteroatoms. The van der Waals surface area contributed by atoms with Gasteiger partial charge in [0.2, 0.25) is 10.9 Å². The number of rotatable bonds is 2. The van der Waals surface area contributed by atoms with E-state index in [0.29, 0.717) is 5.89 Å². The van der Waals surface area contributed by atoms with Crippen LogP contribution >= 0.6 is 11.3 Å². The zero-order chi connectivity index (χ0) is 13.7. The van der Waals surface area contributed by atoms with E-state index in [1.54, 1.807) is 15.9 Å². The van der Waals surface area contributed by atoms with Gasteiger partial charge in [-0.3, -0.25) is 0 Å². The van der Waals surface area contributed by atoms with Gasteiger partial charge in [-0.2, -0.15) is 5.10 Å². The molecular formula is C14H12N4OS. The maximum Gasteiger partial charge on any atom is 0.247 e. The van der Waals surface area contributed by atoms with Gasteiger partial charge >= 0.3 is 0 Å². The number of oxazole rings is 1. The quantitative estimate of drug-likeness (QED) is 0.565. The number of nitrogens with zero attached hydrogens (tertiary/aromatic N) is 4. The third kappa shape index (κ3) is 1.72. The Labute approximate surface area is 118 Å². The Balaban J connectivity index is 1.84. The Kier molecular flexibility index (Phi) is 2.40. The van der Waals surface area contributed by atoms with Crippen LogP contribution in [-0.2, 0) is 6.42 Å². The average Bonchev–Trinajstić information content (AvgIpc) is 3.08. The van der Waals surface area contributed by atoms with Crippen molar-refractivity contribution in [3.8, 4) is 11.6 Å². The van der Waals surface area contributed by atoms with Crippen LogP contribution in [0.3, 0.4) is 0 Å². The van der Waals surface area contributed by atoms with Crippen molar-refractivity contribution in [2.45, 2.75) is 20.3 Å². The molecule has 0 amide bonds. The molecule has 1 aromatic carbocycles. The van der Waals surface area contributed by atoms with Crippen molar-refractivity contribution in [1.29, 1.82) is 0 Å². The molecule has 0 radical (unpaired) electrons. The van der Waals surface area contributed by atoms with Crippen LogP contribution in [0.5, 0.6) is 0 Å². The zero-order valence-corrected chi connectivity index (χ0v) is 11.9. The topological polar surface area (TPSA) is 56.2 Å². The predicted octanol–water partition coefficient (Wildman–Crippen LogP) is 3.47. The molecule has 4 rings (SSSR count). The van der Waals surface area contributed by atoms with E-state index in [9.17, 15) is 0 Å². The molecule has 0 aliphatic heterocycles. The number of aryl methyl sites for hydroxylation is 2. The van der Waals surface area contributed by atoms with Crippen molar-refractivity contribution < 1.29 is 4.42 Å². The molecule has 0 saturated carbocycles. The van der Waals surface area contributed by atoms with Gasteiger partial charge in [-0.25, -0.2) is 14.5 Å². The first-order valence-corrected chi connectivity index (χ1v) is 7.27. The molecule has 0 bridgehead atoms. The van der Waals surface area contributed by atoms with Crippen molar-refractivity contribution in [2.75, 3.05) is 0 Å².